The van der Waals surface area contributed by atoms with Gasteiger partial charge in [-0.15, -0.1) is 0 Å². The summed E-state index contributed by atoms with van der Waals surface area (Å²) in [6.45, 7) is 2.97. The second kappa shape index (κ2) is 6.74. The van der Waals surface area contributed by atoms with Crippen LogP contribution in [0.25, 0.3) is 5.69 Å². The Morgan fingerprint density at radius 2 is 2.08 bits per heavy atom. The number of likely N-dealkylation sites (tertiary alicyclic amines) is 1. The Labute approximate surface area is 140 Å². The molecule has 1 aromatic carbocycles. The lowest BCUT2D eigenvalue weighted by molar-refractivity contribution is -0.121. The van der Waals surface area contributed by atoms with Crippen LogP contribution in [0.3, 0.4) is 0 Å². The molecule has 0 bridgehead atoms. The lowest BCUT2D eigenvalue weighted by atomic mass is 9.97. The Bertz CT molecular complexity index is 755. The molecule has 1 fully saturated rings. The van der Waals surface area contributed by atoms with E-state index in [2.05, 4.69) is 10.4 Å². The van der Waals surface area contributed by atoms with Crippen LogP contribution in [0, 0.1) is 12.8 Å². The normalized spacial score (nSPS) is 17.5. The van der Waals surface area contributed by atoms with E-state index in [1.807, 2.05) is 31.2 Å². The predicted molar refractivity (Wildman–Crippen MR) is 90.8 cm³/mol. The SMILES string of the molecule is Cc1ccccc1-n1nccc1NC(=O)C1CCCN(C(N)=O)C1. The number of rotatable bonds is 3. The van der Waals surface area contributed by atoms with Crippen molar-refractivity contribution in [2.75, 3.05) is 18.4 Å². The number of nitrogens with one attached hydrogen (secondary N) is 1. The van der Waals surface area contributed by atoms with Gasteiger partial charge >= 0.3 is 6.03 Å². The molecule has 7 nitrogen and oxygen atoms in total. The number of aromatic nitrogens is 2. The fourth-order valence-electron chi connectivity index (χ4n) is 3.01. The fraction of sp³-hybridized carbons (Fsp3) is 0.353. The van der Waals surface area contributed by atoms with Gasteiger partial charge in [-0.2, -0.15) is 5.10 Å². The number of para-hydroxylation sites is 1. The van der Waals surface area contributed by atoms with Crippen LogP contribution in [0.1, 0.15) is 18.4 Å². The van der Waals surface area contributed by atoms with Crippen molar-refractivity contribution in [3.05, 3.63) is 42.1 Å². The molecule has 3 rings (SSSR count). The van der Waals surface area contributed by atoms with E-state index >= 15 is 0 Å². The largest absolute Gasteiger partial charge is 0.351 e. The molecular weight excluding hydrogens is 306 g/mol. The molecule has 1 aliphatic heterocycles. The van der Waals surface area contributed by atoms with Gasteiger partial charge in [0.25, 0.3) is 0 Å². The molecule has 24 heavy (non-hydrogen) atoms. The molecule has 7 heteroatoms. The number of piperidine rings is 1. The fourth-order valence-corrected chi connectivity index (χ4v) is 3.01. The Hall–Kier alpha value is -2.83. The number of benzene rings is 1. The number of carbonyl (C=O) groups is 2. The number of hydrogen-bond acceptors (Lipinski definition) is 3. The molecule has 3 amide bonds. The molecule has 2 heterocycles. The number of hydrogen-bond donors (Lipinski definition) is 2. The molecule has 0 radical (unpaired) electrons. The Balaban J connectivity index is 1.75. The highest BCUT2D eigenvalue weighted by molar-refractivity contribution is 5.92. The van der Waals surface area contributed by atoms with Gasteiger partial charge in [-0.3, -0.25) is 4.79 Å². The molecule has 0 aliphatic carbocycles. The molecule has 0 saturated carbocycles. The smallest absolute Gasteiger partial charge is 0.314 e. The molecule has 1 saturated heterocycles. The van der Waals surface area contributed by atoms with Gasteiger partial charge in [-0.1, -0.05) is 18.2 Å². The highest BCUT2D eigenvalue weighted by atomic mass is 16.2. The van der Waals surface area contributed by atoms with Gasteiger partial charge in [0, 0.05) is 19.2 Å². The van der Waals surface area contributed by atoms with E-state index in [-0.39, 0.29) is 11.8 Å². The van der Waals surface area contributed by atoms with Crippen LogP contribution in [-0.4, -0.2) is 39.7 Å². The summed E-state index contributed by atoms with van der Waals surface area (Å²) < 4.78 is 1.71. The van der Waals surface area contributed by atoms with E-state index < -0.39 is 6.03 Å². The topological polar surface area (TPSA) is 93.2 Å². The Morgan fingerprint density at radius 1 is 1.29 bits per heavy atom. The summed E-state index contributed by atoms with van der Waals surface area (Å²) in [6, 6.07) is 9.13. The third-order valence-electron chi connectivity index (χ3n) is 4.34. The second-order valence-corrected chi connectivity index (χ2v) is 6.03. The van der Waals surface area contributed by atoms with Gasteiger partial charge in [-0.05, 0) is 31.4 Å². The first-order valence-electron chi connectivity index (χ1n) is 8.01. The maximum Gasteiger partial charge on any atom is 0.314 e. The van der Waals surface area contributed by atoms with Crippen molar-refractivity contribution in [3.63, 3.8) is 0 Å². The average molecular weight is 327 g/mol. The molecule has 126 valence electrons. The quantitative estimate of drug-likeness (QED) is 0.902. The number of anilines is 1. The van der Waals surface area contributed by atoms with Crippen molar-refractivity contribution in [1.29, 1.82) is 0 Å². The van der Waals surface area contributed by atoms with Crippen LogP contribution in [0.4, 0.5) is 10.6 Å². The first kappa shape index (κ1) is 16.0. The van der Waals surface area contributed by atoms with Crippen LogP contribution < -0.4 is 11.1 Å². The molecule has 3 N–H and O–H groups in total. The minimum absolute atomic E-state index is 0.115. The first-order valence-corrected chi connectivity index (χ1v) is 8.01. The molecule has 1 aliphatic rings. The van der Waals surface area contributed by atoms with Crippen molar-refractivity contribution >= 4 is 17.8 Å². The molecule has 2 aromatic rings. The lowest BCUT2D eigenvalue weighted by Gasteiger charge is -2.30. The summed E-state index contributed by atoms with van der Waals surface area (Å²) in [5.41, 5.74) is 7.30. The Kier molecular flexibility index (Phi) is 4.50. The van der Waals surface area contributed by atoms with Crippen LogP contribution in [0.2, 0.25) is 0 Å². The number of nitrogens with two attached hydrogens (primary N) is 1. The molecule has 1 aromatic heterocycles. The van der Waals surface area contributed by atoms with E-state index in [1.165, 1.54) is 4.90 Å². The lowest BCUT2D eigenvalue weighted by Crippen LogP contribution is -2.46. The molecule has 0 spiro atoms. The second-order valence-electron chi connectivity index (χ2n) is 6.03. The number of nitrogens with zero attached hydrogens (tertiary/aromatic N) is 3. The van der Waals surface area contributed by atoms with Crippen molar-refractivity contribution in [3.8, 4) is 5.69 Å². The van der Waals surface area contributed by atoms with E-state index in [4.69, 9.17) is 5.73 Å². The summed E-state index contributed by atoms with van der Waals surface area (Å²) in [5, 5.41) is 7.23. The van der Waals surface area contributed by atoms with E-state index in [1.54, 1.807) is 16.9 Å². The maximum absolute atomic E-state index is 12.6. The first-order chi connectivity index (χ1) is 11.6. The summed E-state index contributed by atoms with van der Waals surface area (Å²) in [6.07, 6.45) is 3.17. The van der Waals surface area contributed by atoms with Gasteiger partial charge in [0.05, 0.1) is 17.8 Å². The van der Waals surface area contributed by atoms with E-state index in [0.29, 0.717) is 18.9 Å². The number of carbonyl (C=O) groups excluding carboxylic acids is 2. The number of urea groups is 1. The van der Waals surface area contributed by atoms with Gasteiger partial charge in [0.1, 0.15) is 5.82 Å². The monoisotopic (exact) mass is 327 g/mol. The highest BCUT2D eigenvalue weighted by Gasteiger charge is 2.28. The molecule has 1 atom stereocenters. The molecule has 1 unspecified atom stereocenters. The highest BCUT2D eigenvalue weighted by Crippen LogP contribution is 2.21. The number of aryl methyl sites for hydroxylation is 1. The average Bonchev–Trinajstić information content (AvgIpc) is 3.03. The van der Waals surface area contributed by atoms with Crippen molar-refractivity contribution in [2.24, 2.45) is 11.7 Å². The predicted octanol–water partition coefficient (Wildman–Crippen LogP) is 1.91. The number of primary amides is 1. The van der Waals surface area contributed by atoms with Gasteiger partial charge < -0.3 is 16.0 Å². The van der Waals surface area contributed by atoms with E-state index in [0.717, 1.165) is 24.1 Å². The van der Waals surface area contributed by atoms with Crippen LogP contribution in [0.15, 0.2) is 36.5 Å². The molecular formula is C17H21N5O2. The van der Waals surface area contributed by atoms with Crippen LogP contribution in [-0.2, 0) is 4.79 Å². The zero-order valence-electron chi connectivity index (χ0n) is 13.6. The third-order valence-corrected chi connectivity index (χ3v) is 4.34. The summed E-state index contributed by atoms with van der Waals surface area (Å²) in [5.74, 6) is 0.244. The van der Waals surface area contributed by atoms with Gasteiger partial charge in [0.2, 0.25) is 5.91 Å². The van der Waals surface area contributed by atoms with Gasteiger partial charge in [-0.25, -0.2) is 9.48 Å². The maximum atomic E-state index is 12.6. The minimum atomic E-state index is -0.475. The zero-order valence-corrected chi connectivity index (χ0v) is 13.6. The van der Waals surface area contributed by atoms with Crippen molar-refractivity contribution < 1.29 is 9.59 Å². The van der Waals surface area contributed by atoms with Crippen molar-refractivity contribution in [2.45, 2.75) is 19.8 Å². The standard InChI is InChI=1S/C17H21N5O2/c1-12-5-2-3-7-14(12)22-15(8-9-19-22)20-16(23)13-6-4-10-21(11-13)17(18)24/h2-3,5,7-9,13H,4,6,10-11H2,1H3,(H2,18,24)(H,20,23). The van der Waals surface area contributed by atoms with Gasteiger partial charge in [0.15, 0.2) is 0 Å². The van der Waals surface area contributed by atoms with Crippen molar-refractivity contribution in [1.82, 2.24) is 14.7 Å². The Morgan fingerprint density at radius 3 is 2.83 bits per heavy atom. The summed E-state index contributed by atoms with van der Waals surface area (Å²) in [7, 11) is 0. The third kappa shape index (κ3) is 3.24. The summed E-state index contributed by atoms with van der Waals surface area (Å²) in [4.78, 5) is 25.4. The van der Waals surface area contributed by atoms with Crippen LogP contribution in [0.5, 0.6) is 0 Å². The number of amides is 3. The zero-order chi connectivity index (χ0) is 17.1. The van der Waals surface area contributed by atoms with E-state index in [9.17, 15) is 9.59 Å². The summed E-state index contributed by atoms with van der Waals surface area (Å²) >= 11 is 0. The minimum Gasteiger partial charge on any atom is -0.351 e. The van der Waals surface area contributed by atoms with Crippen LogP contribution >= 0.6 is 0 Å².